The second-order valence-corrected chi connectivity index (χ2v) is 4.01. The van der Waals surface area contributed by atoms with Crippen molar-refractivity contribution in [3.63, 3.8) is 0 Å². The van der Waals surface area contributed by atoms with Crippen LogP contribution in [0.25, 0.3) is 0 Å². The molecule has 0 aliphatic carbocycles. The van der Waals surface area contributed by atoms with Crippen molar-refractivity contribution in [2.45, 2.75) is 13.5 Å². The summed E-state index contributed by atoms with van der Waals surface area (Å²) in [4.78, 5) is 4.15. The van der Waals surface area contributed by atoms with Crippen molar-refractivity contribution in [2.75, 3.05) is 0 Å². The average Bonchev–Trinajstić information content (AvgIpc) is 2.58. The van der Waals surface area contributed by atoms with Gasteiger partial charge in [-0.05, 0) is 25.1 Å². The smallest absolute Gasteiger partial charge is 0.129 e. The third-order valence-electron chi connectivity index (χ3n) is 1.97. The first-order valence-electron chi connectivity index (χ1n) is 4.46. The lowest BCUT2D eigenvalue weighted by molar-refractivity contribution is 0.666. The molecule has 0 spiro atoms. The minimum absolute atomic E-state index is 0.443. The van der Waals surface area contributed by atoms with Gasteiger partial charge in [0.05, 0.1) is 23.0 Å². The molecule has 15 heavy (non-hydrogen) atoms. The Morgan fingerprint density at radius 3 is 2.73 bits per heavy atom. The van der Waals surface area contributed by atoms with E-state index in [0.29, 0.717) is 16.7 Å². The summed E-state index contributed by atoms with van der Waals surface area (Å²) in [7, 11) is 0. The summed E-state index contributed by atoms with van der Waals surface area (Å²) in [6, 6.07) is 5.34. The highest BCUT2D eigenvalue weighted by molar-refractivity contribution is 6.32. The lowest BCUT2D eigenvalue weighted by atomic mass is 10.3. The third-order valence-corrected chi connectivity index (χ3v) is 2.53. The molecule has 2 aromatic rings. The summed E-state index contributed by atoms with van der Waals surface area (Å²) in [5.74, 6) is 0. The zero-order chi connectivity index (χ0) is 10.8. The molecular formula is C10H9Cl2N3. The SMILES string of the molecule is Cc1ccn(Cc2nc(Cl)ccc2Cl)n1. The lowest BCUT2D eigenvalue weighted by Crippen LogP contribution is -2.03. The van der Waals surface area contributed by atoms with Gasteiger partial charge in [-0.2, -0.15) is 5.10 Å². The first-order chi connectivity index (χ1) is 7.15. The van der Waals surface area contributed by atoms with E-state index in [1.54, 1.807) is 16.8 Å². The van der Waals surface area contributed by atoms with Crippen molar-refractivity contribution >= 4 is 23.2 Å². The molecule has 0 saturated carbocycles. The van der Waals surface area contributed by atoms with Crippen molar-refractivity contribution in [1.29, 1.82) is 0 Å². The minimum atomic E-state index is 0.443. The molecule has 0 aromatic carbocycles. The predicted octanol–water partition coefficient (Wildman–Crippen LogP) is 2.94. The number of hydrogen-bond donors (Lipinski definition) is 0. The maximum absolute atomic E-state index is 5.99. The van der Waals surface area contributed by atoms with Crippen molar-refractivity contribution < 1.29 is 0 Å². The Morgan fingerprint density at radius 2 is 2.07 bits per heavy atom. The van der Waals surface area contributed by atoms with Gasteiger partial charge in [0.2, 0.25) is 0 Å². The van der Waals surface area contributed by atoms with E-state index < -0.39 is 0 Å². The molecular weight excluding hydrogens is 233 g/mol. The fourth-order valence-corrected chi connectivity index (χ4v) is 1.60. The summed E-state index contributed by atoms with van der Waals surface area (Å²) in [6.45, 7) is 2.47. The highest BCUT2D eigenvalue weighted by atomic mass is 35.5. The molecule has 0 atom stereocenters. The highest BCUT2D eigenvalue weighted by Gasteiger charge is 2.04. The number of aryl methyl sites for hydroxylation is 1. The first-order valence-corrected chi connectivity index (χ1v) is 5.22. The van der Waals surface area contributed by atoms with Gasteiger partial charge in [-0.3, -0.25) is 4.68 Å². The van der Waals surface area contributed by atoms with Crippen molar-refractivity contribution in [1.82, 2.24) is 14.8 Å². The van der Waals surface area contributed by atoms with Crippen molar-refractivity contribution in [3.8, 4) is 0 Å². The summed E-state index contributed by atoms with van der Waals surface area (Å²) in [6.07, 6.45) is 1.88. The largest absolute Gasteiger partial charge is 0.266 e. The summed E-state index contributed by atoms with van der Waals surface area (Å²) < 4.78 is 1.78. The maximum Gasteiger partial charge on any atom is 0.129 e. The van der Waals surface area contributed by atoms with Gasteiger partial charge in [0.15, 0.2) is 0 Å². The fraction of sp³-hybridized carbons (Fsp3) is 0.200. The molecule has 0 aliphatic heterocycles. The maximum atomic E-state index is 5.99. The Kier molecular flexibility index (Phi) is 2.93. The van der Waals surface area contributed by atoms with Crippen LogP contribution in [-0.4, -0.2) is 14.8 Å². The standard InChI is InChI=1S/C10H9Cl2N3/c1-7-4-5-15(14-7)6-9-8(11)2-3-10(12)13-9/h2-5H,6H2,1H3. The molecule has 78 valence electrons. The van der Waals surface area contributed by atoms with Crippen molar-refractivity contribution in [3.05, 3.63) is 46.0 Å². The van der Waals surface area contributed by atoms with Gasteiger partial charge in [-0.15, -0.1) is 0 Å². The van der Waals surface area contributed by atoms with Crippen LogP contribution in [0, 0.1) is 6.92 Å². The average molecular weight is 242 g/mol. The molecule has 0 amide bonds. The quantitative estimate of drug-likeness (QED) is 0.758. The monoisotopic (exact) mass is 241 g/mol. The van der Waals surface area contributed by atoms with E-state index in [1.165, 1.54) is 0 Å². The molecule has 0 radical (unpaired) electrons. The van der Waals surface area contributed by atoms with Crippen LogP contribution in [0.5, 0.6) is 0 Å². The van der Waals surface area contributed by atoms with Crippen LogP contribution in [-0.2, 0) is 6.54 Å². The molecule has 2 heterocycles. The van der Waals surface area contributed by atoms with Crippen LogP contribution in [0.2, 0.25) is 10.2 Å². The number of hydrogen-bond acceptors (Lipinski definition) is 2. The Bertz CT molecular complexity index is 479. The Balaban J connectivity index is 2.27. The Hall–Kier alpha value is -1.06. The fourth-order valence-electron chi connectivity index (χ4n) is 1.27. The predicted molar refractivity (Wildman–Crippen MR) is 60.3 cm³/mol. The van der Waals surface area contributed by atoms with Crippen LogP contribution in [0.3, 0.4) is 0 Å². The molecule has 2 rings (SSSR count). The summed E-state index contributed by atoms with van der Waals surface area (Å²) >= 11 is 11.8. The molecule has 0 saturated heterocycles. The van der Waals surface area contributed by atoms with E-state index >= 15 is 0 Å². The van der Waals surface area contributed by atoms with Gasteiger partial charge in [-0.25, -0.2) is 4.98 Å². The van der Waals surface area contributed by atoms with E-state index in [0.717, 1.165) is 11.4 Å². The number of pyridine rings is 1. The number of nitrogens with zero attached hydrogens (tertiary/aromatic N) is 3. The van der Waals surface area contributed by atoms with Gasteiger partial charge < -0.3 is 0 Å². The Morgan fingerprint density at radius 1 is 1.27 bits per heavy atom. The zero-order valence-corrected chi connectivity index (χ0v) is 9.63. The molecule has 0 bridgehead atoms. The van der Waals surface area contributed by atoms with Crippen LogP contribution >= 0.6 is 23.2 Å². The van der Waals surface area contributed by atoms with Crippen LogP contribution in [0.15, 0.2) is 24.4 Å². The van der Waals surface area contributed by atoms with Crippen LogP contribution in [0.1, 0.15) is 11.4 Å². The van der Waals surface area contributed by atoms with E-state index in [-0.39, 0.29) is 0 Å². The molecule has 0 fully saturated rings. The Labute approximate surface area is 97.7 Å². The van der Waals surface area contributed by atoms with Crippen molar-refractivity contribution in [2.24, 2.45) is 0 Å². The first kappa shape index (κ1) is 10.5. The van der Waals surface area contributed by atoms with Gasteiger partial charge in [-0.1, -0.05) is 23.2 Å². The highest BCUT2D eigenvalue weighted by Crippen LogP contribution is 2.17. The topological polar surface area (TPSA) is 30.7 Å². The normalized spacial score (nSPS) is 10.6. The summed E-state index contributed by atoms with van der Waals surface area (Å²) in [5.41, 5.74) is 1.69. The minimum Gasteiger partial charge on any atom is -0.266 e. The summed E-state index contributed by atoms with van der Waals surface area (Å²) in [5, 5.41) is 5.30. The number of aromatic nitrogens is 3. The van der Waals surface area contributed by atoms with Crippen LogP contribution < -0.4 is 0 Å². The van der Waals surface area contributed by atoms with Gasteiger partial charge in [0.25, 0.3) is 0 Å². The van der Waals surface area contributed by atoms with E-state index in [2.05, 4.69) is 10.1 Å². The molecule has 0 N–H and O–H groups in total. The van der Waals surface area contributed by atoms with E-state index in [9.17, 15) is 0 Å². The zero-order valence-electron chi connectivity index (χ0n) is 8.11. The number of halogens is 2. The van der Waals surface area contributed by atoms with Crippen LogP contribution in [0.4, 0.5) is 0 Å². The van der Waals surface area contributed by atoms with E-state index in [4.69, 9.17) is 23.2 Å². The van der Waals surface area contributed by atoms with Gasteiger partial charge >= 0.3 is 0 Å². The molecule has 3 nitrogen and oxygen atoms in total. The lowest BCUT2D eigenvalue weighted by Gasteiger charge is -2.03. The molecule has 0 unspecified atom stereocenters. The molecule has 2 aromatic heterocycles. The molecule has 5 heteroatoms. The van der Waals surface area contributed by atoms with Gasteiger partial charge in [0, 0.05) is 6.20 Å². The second-order valence-electron chi connectivity index (χ2n) is 3.22. The second kappa shape index (κ2) is 4.21. The van der Waals surface area contributed by atoms with Gasteiger partial charge in [0.1, 0.15) is 5.15 Å². The molecule has 0 aliphatic rings. The number of rotatable bonds is 2. The van der Waals surface area contributed by atoms with E-state index in [1.807, 2.05) is 19.2 Å². The third kappa shape index (κ3) is 2.49.